The van der Waals surface area contributed by atoms with E-state index in [1.54, 1.807) is 31.2 Å². The molecular formula is C18H14N2O4. The number of phenolic OH excluding ortho intramolecular Hbond substituents is 2. The maximum Gasteiger partial charge on any atom is 0.335 e. The molecule has 0 saturated heterocycles. The second kappa shape index (κ2) is 6.00. The summed E-state index contributed by atoms with van der Waals surface area (Å²) in [5.41, 5.74) is 1.18. The van der Waals surface area contributed by atoms with Gasteiger partial charge in [0.25, 0.3) is 0 Å². The number of carboxylic acids is 1. The predicted octanol–water partition coefficient (Wildman–Crippen LogP) is 4.67. The van der Waals surface area contributed by atoms with E-state index in [1.165, 1.54) is 24.3 Å². The third-order valence-corrected chi connectivity index (χ3v) is 3.75. The molecule has 0 fully saturated rings. The van der Waals surface area contributed by atoms with Gasteiger partial charge in [0.1, 0.15) is 17.2 Å². The Morgan fingerprint density at radius 1 is 0.875 bits per heavy atom. The maximum atomic E-state index is 10.8. The topological polar surface area (TPSA) is 102 Å². The number of benzene rings is 3. The largest absolute Gasteiger partial charge is 0.507 e. The average Bonchev–Trinajstić information content (AvgIpc) is 2.60. The molecule has 120 valence electrons. The van der Waals surface area contributed by atoms with Gasteiger partial charge in [-0.1, -0.05) is 24.3 Å². The molecular weight excluding hydrogens is 308 g/mol. The molecule has 24 heavy (non-hydrogen) atoms. The lowest BCUT2D eigenvalue weighted by atomic mass is 10.0. The zero-order chi connectivity index (χ0) is 17.3. The van der Waals surface area contributed by atoms with Gasteiger partial charge in [-0.15, -0.1) is 5.11 Å². The lowest BCUT2D eigenvalue weighted by molar-refractivity contribution is 0.0697. The van der Waals surface area contributed by atoms with Crippen LogP contribution in [-0.2, 0) is 0 Å². The van der Waals surface area contributed by atoms with E-state index in [0.29, 0.717) is 22.0 Å². The molecule has 0 aromatic heterocycles. The molecule has 6 nitrogen and oxygen atoms in total. The summed E-state index contributed by atoms with van der Waals surface area (Å²) in [5.74, 6) is -1.15. The molecule has 3 rings (SSSR count). The van der Waals surface area contributed by atoms with Gasteiger partial charge in [0, 0.05) is 16.3 Å². The maximum absolute atomic E-state index is 10.8. The molecule has 0 amide bonds. The summed E-state index contributed by atoms with van der Waals surface area (Å²) < 4.78 is 0. The van der Waals surface area contributed by atoms with E-state index in [-0.39, 0.29) is 22.7 Å². The minimum absolute atomic E-state index is 0.00728. The lowest BCUT2D eigenvalue weighted by Crippen LogP contribution is -1.93. The van der Waals surface area contributed by atoms with E-state index in [1.807, 2.05) is 0 Å². The highest BCUT2D eigenvalue weighted by Crippen LogP contribution is 2.44. The number of aromatic carboxylic acids is 1. The highest BCUT2D eigenvalue weighted by Gasteiger charge is 2.15. The Kier molecular flexibility index (Phi) is 3.87. The number of hydrogen-bond donors (Lipinski definition) is 3. The number of nitrogens with zero attached hydrogens (tertiary/aromatic N) is 2. The smallest absolute Gasteiger partial charge is 0.335 e. The molecule has 0 saturated carbocycles. The van der Waals surface area contributed by atoms with Crippen molar-refractivity contribution in [1.29, 1.82) is 0 Å². The molecule has 0 aliphatic carbocycles. The van der Waals surface area contributed by atoms with Crippen LogP contribution in [0.15, 0.2) is 58.8 Å². The molecule has 0 atom stereocenters. The number of carboxylic acid groups (broad SMARTS) is 1. The van der Waals surface area contributed by atoms with Gasteiger partial charge in [0.15, 0.2) is 0 Å². The molecule has 6 heteroatoms. The fourth-order valence-electron chi connectivity index (χ4n) is 2.40. The van der Waals surface area contributed by atoms with Crippen molar-refractivity contribution in [1.82, 2.24) is 0 Å². The van der Waals surface area contributed by atoms with Crippen molar-refractivity contribution >= 4 is 28.1 Å². The molecule has 0 radical (unpaired) electrons. The second-order valence-electron chi connectivity index (χ2n) is 5.27. The minimum atomic E-state index is -1.02. The zero-order valence-electron chi connectivity index (χ0n) is 12.8. The van der Waals surface area contributed by atoms with Crippen LogP contribution >= 0.6 is 0 Å². The first-order chi connectivity index (χ1) is 11.5. The van der Waals surface area contributed by atoms with Gasteiger partial charge in [0.2, 0.25) is 0 Å². The van der Waals surface area contributed by atoms with E-state index in [2.05, 4.69) is 10.2 Å². The van der Waals surface area contributed by atoms with Gasteiger partial charge in [0.05, 0.1) is 11.3 Å². The van der Waals surface area contributed by atoms with Crippen LogP contribution in [0.4, 0.5) is 11.4 Å². The summed E-state index contributed by atoms with van der Waals surface area (Å²) in [6.45, 7) is 1.60. The molecule has 3 aromatic rings. The third-order valence-electron chi connectivity index (χ3n) is 3.75. The van der Waals surface area contributed by atoms with Crippen molar-refractivity contribution in [2.45, 2.75) is 6.92 Å². The Morgan fingerprint density at radius 2 is 1.50 bits per heavy atom. The van der Waals surface area contributed by atoms with Crippen LogP contribution in [0.25, 0.3) is 10.8 Å². The number of fused-ring (bicyclic) bond motifs is 1. The number of aromatic hydroxyl groups is 2. The van der Waals surface area contributed by atoms with E-state index in [9.17, 15) is 15.0 Å². The normalized spacial score (nSPS) is 11.2. The Balaban J connectivity index is 2.08. The SMILES string of the molecule is Cc1c(O)c(N=Nc2ccc(C(=O)O)cc2)c2ccccc2c1O. The second-order valence-corrected chi connectivity index (χ2v) is 5.27. The number of phenols is 2. The summed E-state index contributed by atoms with van der Waals surface area (Å²) in [6.07, 6.45) is 0. The van der Waals surface area contributed by atoms with Crippen molar-refractivity contribution in [3.63, 3.8) is 0 Å². The molecule has 0 heterocycles. The highest BCUT2D eigenvalue weighted by molar-refractivity contribution is 6.00. The summed E-state index contributed by atoms with van der Waals surface area (Å²) in [7, 11) is 0. The van der Waals surface area contributed by atoms with E-state index < -0.39 is 5.97 Å². The number of azo groups is 1. The molecule has 3 N–H and O–H groups in total. The van der Waals surface area contributed by atoms with Crippen molar-refractivity contribution in [2.75, 3.05) is 0 Å². The number of carbonyl (C=O) groups is 1. The summed E-state index contributed by atoms with van der Waals surface area (Å²) >= 11 is 0. The molecule has 3 aromatic carbocycles. The summed E-state index contributed by atoms with van der Waals surface area (Å²) in [6, 6.07) is 12.9. The number of rotatable bonds is 3. The molecule has 0 spiro atoms. The predicted molar refractivity (Wildman–Crippen MR) is 89.6 cm³/mol. The van der Waals surface area contributed by atoms with E-state index in [0.717, 1.165) is 0 Å². The van der Waals surface area contributed by atoms with Crippen LogP contribution in [0.5, 0.6) is 11.5 Å². The van der Waals surface area contributed by atoms with Crippen molar-refractivity contribution in [3.05, 3.63) is 59.7 Å². The minimum Gasteiger partial charge on any atom is -0.507 e. The van der Waals surface area contributed by atoms with Gasteiger partial charge in [-0.05, 0) is 31.2 Å². The molecule has 0 aliphatic rings. The van der Waals surface area contributed by atoms with E-state index in [4.69, 9.17) is 5.11 Å². The van der Waals surface area contributed by atoms with Crippen LogP contribution in [0.3, 0.4) is 0 Å². The molecule has 0 bridgehead atoms. The highest BCUT2D eigenvalue weighted by atomic mass is 16.4. The quantitative estimate of drug-likeness (QED) is 0.609. The Bertz CT molecular complexity index is 963. The fraction of sp³-hybridized carbons (Fsp3) is 0.0556. The number of hydrogen-bond acceptors (Lipinski definition) is 5. The van der Waals surface area contributed by atoms with Gasteiger partial charge in [-0.2, -0.15) is 5.11 Å². The summed E-state index contributed by atoms with van der Waals surface area (Å²) in [5, 5.41) is 38.6. The first-order valence-corrected chi connectivity index (χ1v) is 7.17. The van der Waals surface area contributed by atoms with Crippen molar-refractivity contribution in [3.8, 4) is 11.5 Å². The molecule has 0 unspecified atom stereocenters. The van der Waals surface area contributed by atoms with Gasteiger partial charge < -0.3 is 15.3 Å². The third kappa shape index (κ3) is 2.65. The Morgan fingerprint density at radius 3 is 2.12 bits per heavy atom. The van der Waals surface area contributed by atoms with Gasteiger partial charge >= 0.3 is 5.97 Å². The van der Waals surface area contributed by atoms with Gasteiger partial charge in [-0.3, -0.25) is 0 Å². The zero-order valence-corrected chi connectivity index (χ0v) is 12.8. The van der Waals surface area contributed by atoms with Crippen LogP contribution in [0.2, 0.25) is 0 Å². The van der Waals surface area contributed by atoms with E-state index >= 15 is 0 Å². The Hall–Kier alpha value is -3.41. The lowest BCUT2D eigenvalue weighted by Gasteiger charge is -2.10. The van der Waals surface area contributed by atoms with Crippen molar-refractivity contribution < 1.29 is 20.1 Å². The molecule has 0 aliphatic heterocycles. The Labute approximate surface area is 137 Å². The van der Waals surface area contributed by atoms with Crippen LogP contribution in [-0.4, -0.2) is 21.3 Å². The fourth-order valence-corrected chi connectivity index (χ4v) is 2.40. The first-order valence-electron chi connectivity index (χ1n) is 7.17. The van der Waals surface area contributed by atoms with Crippen LogP contribution < -0.4 is 0 Å². The first kappa shape index (κ1) is 15.5. The van der Waals surface area contributed by atoms with Crippen molar-refractivity contribution in [2.24, 2.45) is 10.2 Å². The monoisotopic (exact) mass is 322 g/mol. The summed E-state index contributed by atoms with van der Waals surface area (Å²) in [4.78, 5) is 10.8. The average molecular weight is 322 g/mol. The van der Waals surface area contributed by atoms with Crippen LogP contribution in [0.1, 0.15) is 15.9 Å². The van der Waals surface area contributed by atoms with Gasteiger partial charge in [-0.25, -0.2) is 4.79 Å². The standard InChI is InChI=1S/C18H14N2O4/c1-10-16(21)14-5-3-2-4-13(14)15(17(10)22)20-19-12-8-6-11(7-9-12)18(23)24/h2-9,21-22H,1H3,(H,23,24). The van der Waals surface area contributed by atoms with Crippen LogP contribution in [0, 0.1) is 6.92 Å².